The Morgan fingerprint density at radius 2 is 2.00 bits per heavy atom. The second-order valence-corrected chi connectivity index (χ2v) is 5.54. The van der Waals surface area contributed by atoms with E-state index in [9.17, 15) is 9.90 Å². The monoisotopic (exact) mass is 262 g/mol. The second-order valence-electron chi connectivity index (χ2n) is 5.54. The van der Waals surface area contributed by atoms with Gasteiger partial charge in [0.2, 0.25) is 0 Å². The fourth-order valence-electron chi connectivity index (χ4n) is 2.64. The summed E-state index contributed by atoms with van der Waals surface area (Å²) < 4.78 is 0. The molecule has 3 N–H and O–H groups in total. The van der Waals surface area contributed by atoms with E-state index in [0.717, 1.165) is 42.5 Å². The average Bonchev–Trinajstić information content (AvgIpc) is 2.83. The Bertz CT molecular complexity index is 465. The van der Waals surface area contributed by atoms with Gasteiger partial charge in [-0.1, -0.05) is 25.0 Å². The molecule has 4 heteroatoms. The number of carbonyl (C=O) groups is 1. The molecule has 1 saturated carbocycles. The molecule has 0 aliphatic heterocycles. The third-order valence-corrected chi connectivity index (χ3v) is 3.88. The zero-order chi connectivity index (χ0) is 13.9. The summed E-state index contributed by atoms with van der Waals surface area (Å²) in [5.74, 6) is 0. The number of anilines is 1. The largest absolute Gasteiger partial charge is 0.394 e. The molecule has 0 saturated heterocycles. The zero-order valence-electron chi connectivity index (χ0n) is 11.6. The standard InChI is InChI=1S/C15H22N2O2/c1-11-5-6-12(2)13(9-11)16-14(19)17-15(10-18)7-3-4-8-15/h5-6,9,18H,3-4,7-8,10H2,1-2H3,(H2,16,17,19). The third-order valence-electron chi connectivity index (χ3n) is 3.88. The number of rotatable bonds is 3. The highest BCUT2D eigenvalue weighted by molar-refractivity contribution is 5.90. The molecular formula is C15H22N2O2. The van der Waals surface area contributed by atoms with Gasteiger partial charge in [-0.15, -0.1) is 0 Å². The van der Waals surface area contributed by atoms with Gasteiger partial charge in [0.05, 0.1) is 12.1 Å². The topological polar surface area (TPSA) is 61.4 Å². The SMILES string of the molecule is Cc1ccc(C)c(NC(=O)NC2(CO)CCCC2)c1. The van der Waals surface area contributed by atoms with Crippen molar-refractivity contribution < 1.29 is 9.90 Å². The highest BCUT2D eigenvalue weighted by atomic mass is 16.3. The Labute approximate surface area is 114 Å². The van der Waals surface area contributed by atoms with Gasteiger partial charge in [-0.2, -0.15) is 0 Å². The maximum atomic E-state index is 12.1. The van der Waals surface area contributed by atoms with Crippen molar-refractivity contribution in [2.75, 3.05) is 11.9 Å². The van der Waals surface area contributed by atoms with Gasteiger partial charge in [0.15, 0.2) is 0 Å². The first-order valence-corrected chi connectivity index (χ1v) is 6.82. The number of carbonyl (C=O) groups excluding carboxylic acids is 1. The van der Waals surface area contributed by atoms with E-state index in [-0.39, 0.29) is 12.6 Å². The van der Waals surface area contributed by atoms with Crippen LogP contribution in [0.4, 0.5) is 10.5 Å². The third kappa shape index (κ3) is 3.26. The number of aryl methyl sites for hydroxylation is 2. The van der Waals surface area contributed by atoms with E-state index >= 15 is 0 Å². The van der Waals surface area contributed by atoms with E-state index in [4.69, 9.17) is 0 Å². The molecule has 1 aromatic carbocycles. The van der Waals surface area contributed by atoms with Gasteiger partial charge < -0.3 is 15.7 Å². The van der Waals surface area contributed by atoms with E-state index in [0.29, 0.717) is 0 Å². The maximum Gasteiger partial charge on any atom is 0.319 e. The van der Waals surface area contributed by atoms with Gasteiger partial charge in [-0.05, 0) is 43.9 Å². The minimum absolute atomic E-state index is 0.00716. The van der Waals surface area contributed by atoms with Crippen molar-refractivity contribution in [1.29, 1.82) is 0 Å². The Kier molecular flexibility index (Phi) is 4.10. The predicted octanol–water partition coefficient (Wildman–Crippen LogP) is 2.73. The van der Waals surface area contributed by atoms with Crippen LogP contribution in [0.5, 0.6) is 0 Å². The first-order valence-electron chi connectivity index (χ1n) is 6.82. The fourth-order valence-corrected chi connectivity index (χ4v) is 2.64. The molecule has 0 radical (unpaired) electrons. The minimum Gasteiger partial charge on any atom is -0.394 e. The number of aliphatic hydroxyl groups excluding tert-OH is 1. The first kappa shape index (κ1) is 13.9. The molecule has 0 aromatic heterocycles. The number of aliphatic hydroxyl groups is 1. The molecule has 0 atom stereocenters. The Hall–Kier alpha value is -1.55. The molecule has 0 heterocycles. The van der Waals surface area contributed by atoms with E-state index in [2.05, 4.69) is 10.6 Å². The summed E-state index contributed by atoms with van der Waals surface area (Å²) in [6.45, 7) is 3.97. The molecule has 0 bridgehead atoms. The molecule has 4 nitrogen and oxygen atoms in total. The molecule has 2 rings (SSSR count). The highest BCUT2D eigenvalue weighted by Gasteiger charge is 2.34. The van der Waals surface area contributed by atoms with Crippen molar-refractivity contribution in [2.24, 2.45) is 0 Å². The zero-order valence-corrected chi connectivity index (χ0v) is 11.6. The lowest BCUT2D eigenvalue weighted by molar-refractivity contribution is 0.167. The van der Waals surface area contributed by atoms with Gasteiger partial charge in [-0.25, -0.2) is 4.79 Å². The summed E-state index contributed by atoms with van der Waals surface area (Å²) in [6.07, 6.45) is 3.82. The van der Waals surface area contributed by atoms with Gasteiger partial charge >= 0.3 is 6.03 Å². The Morgan fingerprint density at radius 3 is 2.63 bits per heavy atom. The number of benzene rings is 1. The van der Waals surface area contributed by atoms with Crippen molar-refractivity contribution in [3.05, 3.63) is 29.3 Å². The van der Waals surface area contributed by atoms with Crippen molar-refractivity contribution in [2.45, 2.75) is 45.1 Å². The van der Waals surface area contributed by atoms with Crippen LogP contribution in [0.1, 0.15) is 36.8 Å². The highest BCUT2D eigenvalue weighted by Crippen LogP contribution is 2.29. The van der Waals surface area contributed by atoms with E-state index in [1.165, 1.54) is 0 Å². The molecule has 2 amide bonds. The number of amides is 2. The van der Waals surface area contributed by atoms with Crippen LogP contribution in [-0.4, -0.2) is 23.3 Å². The summed E-state index contributed by atoms with van der Waals surface area (Å²) in [7, 11) is 0. The molecule has 1 aliphatic carbocycles. The lowest BCUT2D eigenvalue weighted by Crippen LogP contribution is -2.50. The molecule has 0 unspecified atom stereocenters. The average molecular weight is 262 g/mol. The van der Waals surface area contributed by atoms with Crippen LogP contribution in [0, 0.1) is 13.8 Å². The van der Waals surface area contributed by atoms with Gasteiger partial charge in [0, 0.05) is 5.69 Å². The van der Waals surface area contributed by atoms with Crippen molar-refractivity contribution in [1.82, 2.24) is 5.32 Å². The lowest BCUT2D eigenvalue weighted by atomic mass is 9.99. The van der Waals surface area contributed by atoms with Crippen LogP contribution < -0.4 is 10.6 Å². The molecule has 0 spiro atoms. The maximum absolute atomic E-state index is 12.1. The summed E-state index contributed by atoms with van der Waals surface area (Å²) in [5.41, 5.74) is 2.54. The molecule has 1 aliphatic rings. The first-order chi connectivity index (χ1) is 9.04. The fraction of sp³-hybridized carbons (Fsp3) is 0.533. The predicted molar refractivity (Wildman–Crippen MR) is 76.4 cm³/mol. The smallest absolute Gasteiger partial charge is 0.319 e. The molecule has 1 fully saturated rings. The van der Waals surface area contributed by atoms with Gasteiger partial charge in [0.25, 0.3) is 0 Å². The Morgan fingerprint density at radius 1 is 1.32 bits per heavy atom. The number of hydrogen-bond donors (Lipinski definition) is 3. The quantitative estimate of drug-likeness (QED) is 0.784. The number of nitrogens with one attached hydrogen (secondary N) is 2. The number of urea groups is 1. The lowest BCUT2D eigenvalue weighted by Gasteiger charge is -2.28. The van der Waals surface area contributed by atoms with Gasteiger partial charge in [-0.3, -0.25) is 0 Å². The normalized spacial score (nSPS) is 17.2. The summed E-state index contributed by atoms with van der Waals surface area (Å²) in [4.78, 5) is 12.1. The summed E-state index contributed by atoms with van der Waals surface area (Å²) in [5, 5.41) is 15.3. The molecule has 104 valence electrons. The molecule has 19 heavy (non-hydrogen) atoms. The Balaban J connectivity index is 2.03. The summed E-state index contributed by atoms with van der Waals surface area (Å²) in [6, 6.07) is 5.73. The van der Waals surface area contributed by atoms with Crippen LogP contribution in [0.15, 0.2) is 18.2 Å². The van der Waals surface area contributed by atoms with Crippen LogP contribution >= 0.6 is 0 Å². The van der Waals surface area contributed by atoms with E-state index in [1.807, 2.05) is 32.0 Å². The summed E-state index contributed by atoms with van der Waals surface area (Å²) >= 11 is 0. The van der Waals surface area contributed by atoms with E-state index in [1.54, 1.807) is 0 Å². The minimum atomic E-state index is -0.429. The van der Waals surface area contributed by atoms with E-state index < -0.39 is 5.54 Å². The number of hydrogen-bond acceptors (Lipinski definition) is 2. The van der Waals surface area contributed by atoms with Crippen LogP contribution in [0.3, 0.4) is 0 Å². The molecule has 1 aromatic rings. The van der Waals surface area contributed by atoms with Crippen LogP contribution in [0.2, 0.25) is 0 Å². The molecular weight excluding hydrogens is 240 g/mol. The second kappa shape index (κ2) is 5.61. The van der Waals surface area contributed by atoms with Crippen molar-refractivity contribution >= 4 is 11.7 Å². The van der Waals surface area contributed by atoms with Crippen molar-refractivity contribution in [3.63, 3.8) is 0 Å². The van der Waals surface area contributed by atoms with Crippen LogP contribution in [0.25, 0.3) is 0 Å². The van der Waals surface area contributed by atoms with Gasteiger partial charge in [0.1, 0.15) is 0 Å². The van der Waals surface area contributed by atoms with Crippen LogP contribution in [-0.2, 0) is 0 Å². The van der Waals surface area contributed by atoms with Crippen molar-refractivity contribution in [3.8, 4) is 0 Å².